The van der Waals surface area contributed by atoms with Crippen molar-refractivity contribution in [2.75, 3.05) is 7.11 Å². The van der Waals surface area contributed by atoms with Crippen molar-refractivity contribution in [3.8, 4) is 12.0 Å². The molecule has 2 nitrogen and oxygen atoms in total. The first-order valence-corrected chi connectivity index (χ1v) is 2.46. The van der Waals surface area contributed by atoms with Crippen LogP contribution in [0.1, 0.15) is 13.3 Å². The Balaban J connectivity index is 3.19. The minimum absolute atomic E-state index is 0.120. The molecule has 1 unspecified atom stereocenters. The van der Waals surface area contributed by atoms with E-state index in [4.69, 9.17) is 9.84 Å². The van der Waals surface area contributed by atoms with Crippen molar-refractivity contribution in [1.29, 1.82) is 0 Å². The van der Waals surface area contributed by atoms with Gasteiger partial charge in [-0.1, -0.05) is 5.92 Å². The Kier molecular flexibility index (Phi) is 4.10. The minimum Gasteiger partial charge on any atom is -0.462 e. The molecule has 0 aliphatic heterocycles. The molecule has 0 radical (unpaired) electrons. The summed E-state index contributed by atoms with van der Waals surface area (Å²) in [4.78, 5) is 0. The molecule has 0 aliphatic carbocycles. The zero-order valence-corrected chi connectivity index (χ0v) is 5.14. The summed E-state index contributed by atoms with van der Waals surface area (Å²) < 4.78 is 4.84. The third-order valence-electron chi connectivity index (χ3n) is 0.871. The molecule has 0 aromatic carbocycles. The third kappa shape index (κ3) is 3.51. The highest BCUT2D eigenvalue weighted by Crippen LogP contribution is 1.90. The number of aliphatic hydroxyl groups excluding tert-OH is 1. The fourth-order valence-electron chi connectivity index (χ4n) is 0.273. The van der Waals surface area contributed by atoms with Gasteiger partial charge in [0.15, 0.2) is 0 Å². The minimum atomic E-state index is 0.120. The molecule has 1 N–H and O–H groups in total. The predicted octanol–water partition coefficient (Wildman–Crippen LogP) is 0.745. The van der Waals surface area contributed by atoms with Crippen molar-refractivity contribution < 1.29 is 9.84 Å². The summed E-state index contributed by atoms with van der Waals surface area (Å²) in [5.74, 6) is 2.48. The molecule has 46 valence electrons. The van der Waals surface area contributed by atoms with Crippen LogP contribution in [-0.4, -0.2) is 18.3 Å². The number of hydrogen-bond donors (Lipinski definition) is 1. The van der Waals surface area contributed by atoms with E-state index in [1.165, 1.54) is 0 Å². The molecular weight excluding hydrogens is 104 g/mol. The van der Waals surface area contributed by atoms with Crippen LogP contribution in [0.15, 0.2) is 0 Å². The van der Waals surface area contributed by atoms with E-state index in [9.17, 15) is 0 Å². The van der Waals surface area contributed by atoms with E-state index in [2.05, 4.69) is 5.92 Å². The first-order valence-electron chi connectivity index (χ1n) is 2.46. The Morgan fingerprint density at radius 2 is 2.38 bits per heavy atom. The second-order valence-corrected chi connectivity index (χ2v) is 1.54. The van der Waals surface area contributed by atoms with Crippen molar-refractivity contribution in [3.05, 3.63) is 0 Å². The number of aliphatic hydroxyl groups is 1. The molecule has 0 heterocycles. The van der Waals surface area contributed by atoms with E-state index < -0.39 is 0 Å². The maximum Gasteiger partial charge on any atom is 0.107 e. The van der Waals surface area contributed by atoms with Crippen LogP contribution < -0.4 is 0 Å². The Morgan fingerprint density at radius 3 is 2.75 bits per heavy atom. The van der Waals surface area contributed by atoms with Gasteiger partial charge in [0, 0.05) is 13.5 Å². The summed E-state index contributed by atoms with van der Waals surface area (Å²) in [5, 5.41) is 7.99. The van der Waals surface area contributed by atoms with Gasteiger partial charge in [-0.15, -0.1) is 0 Å². The molecule has 0 aliphatic rings. The van der Waals surface area contributed by atoms with E-state index in [0.29, 0.717) is 6.42 Å². The number of rotatable bonds is 2. The van der Waals surface area contributed by atoms with Crippen molar-refractivity contribution in [1.82, 2.24) is 0 Å². The Bertz CT molecular complexity index is 98.8. The van der Waals surface area contributed by atoms with Gasteiger partial charge in [-0.05, 0) is 6.92 Å². The van der Waals surface area contributed by atoms with Crippen LogP contribution in [0.4, 0.5) is 0 Å². The lowest BCUT2D eigenvalue weighted by Gasteiger charge is -2.01. The summed E-state index contributed by atoms with van der Waals surface area (Å²) in [6.45, 7) is 1.89. The van der Waals surface area contributed by atoms with Gasteiger partial charge in [-0.2, -0.15) is 0 Å². The fourth-order valence-corrected chi connectivity index (χ4v) is 0.273. The van der Waals surface area contributed by atoms with Gasteiger partial charge < -0.3 is 9.84 Å². The molecule has 0 aromatic rings. The van der Waals surface area contributed by atoms with Crippen LogP contribution in [0, 0.1) is 12.0 Å². The summed E-state index contributed by atoms with van der Waals surface area (Å²) in [6.07, 6.45) is 2.51. The third-order valence-corrected chi connectivity index (χ3v) is 0.871. The van der Waals surface area contributed by atoms with Crippen molar-refractivity contribution in [2.45, 2.75) is 19.4 Å². The van der Waals surface area contributed by atoms with Crippen LogP contribution in [-0.2, 0) is 4.74 Å². The molecular formula is C6H10O2. The maximum absolute atomic E-state index is 7.99. The topological polar surface area (TPSA) is 29.5 Å². The zero-order chi connectivity index (χ0) is 6.41. The molecule has 0 saturated carbocycles. The van der Waals surface area contributed by atoms with Crippen molar-refractivity contribution in [2.24, 2.45) is 0 Å². The summed E-state index contributed by atoms with van der Waals surface area (Å²) in [6, 6.07) is 0. The summed E-state index contributed by atoms with van der Waals surface area (Å²) in [7, 11) is 1.61. The second kappa shape index (κ2) is 4.48. The first kappa shape index (κ1) is 7.32. The van der Waals surface area contributed by atoms with Gasteiger partial charge >= 0.3 is 0 Å². The Labute approximate surface area is 49.5 Å². The van der Waals surface area contributed by atoms with Gasteiger partial charge in [-0.25, -0.2) is 0 Å². The monoisotopic (exact) mass is 114 g/mol. The molecule has 1 atom stereocenters. The average molecular weight is 114 g/mol. The van der Waals surface area contributed by atoms with E-state index >= 15 is 0 Å². The standard InChI is InChI=1S/C6H10O2/c1-6(8-2)4-3-5-7/h6-7H,4H2,1-2H3. The molecule has 0 fully saturated rings. The van der Waals surface area contributed by atoms with Crippen LogP contribution in [0.2, 0.25) is 0 Å². The van der Waals surface area contributed by atoms with E-state index in [1.807, 2.05) is 6.92 Å². The lowest BCUT2D eigenvalue weighted by molar-refractivity contribution is 0.122. The van der Waals surface area contributed by atoms with E-state index in [0.717, 1.165) is 0 Å². The smallest absolute Gasteiger partial charge is 0.107 e. The molecule has 8 heavy (non-hydrogen) atoms. The summed E-state index contributed by atoms with van der Waals surface area (Å²) >= 11 is 0. The fraction of sp³-hybridized carbons (Fsp3) is 0.667. The molecule has 0 amide bonds. The molecule has 2 heteroatoms. The van der Waals surface area contributed by atoms with E-state index in [-0.39, 0.29) is 6.10 Å². The van der Waals surface area contributed by atoms with Crippen LogP contribution in [0.5, 0.6) is 0 Å². The zero-order valence-electron chi connectivity index (χ0n) is 5.14. The maximum atomic E-state index is 7.99. The molecule has 0 aromatic heterocycles. The van der Waals surface area contributed by atoms with E-state index in [1.54, 1.807) is 13.2 Å². The van der Waals surface area contributed by atoms with Crippen LogP contribution in [0.25, 0.3) is 0 Å². The highest BCUT2D eigenvalue weighted by Gasteiger charge is 1.92. The van der Waals surface area contributed by atoms with Gasteiger partial charge in [0.1, 0.15) is 6.11 Å². The van der Waals surface area contributed by atoms with Gasteiger partial charge in [0.2, 0.25) is 0 Å². The molecule has 0 rings (SSSR count). The lowest BCUT2D eigenvalue weighted by atomic mass is 10.3. The molecule has 0 spiro atoms. The highest BCUT2D eigenvalue weighted by atomic mass is 16.5. The highest BCUT2D eigenvalue weighted by molar-refractivity contribution is 4.91. The number of hydrogen-bond acceptors (Lipinski definition) is 2. The second-order valence-electron chi connectivity index (χ2n) is 1.54. The number of ether oxygens (including phenoxy) is 1. The van der Waals surface area contributed by atoms with Crippen molar-refractivity contribution in [3.63, 3.8) is 0 Å². The lowest BCUT2D eigenvalue weighted by Crippen LogP contribution is -2.01. The predicted molar refractivity (Wildman–Crippen MR) is 30.8 cm³/mol. The van der Waals surface area contributed by atoms with Crippen LogP contribution >= 0.6 is 0 Å². The Hall–Kier alpha value is -0.680. The van der Waals surface area contributed by atoms with Gasteiger partial charge in [-0.3, -0.25) is 0 Å². The Morgan fingerprint density at radius 1 is 1.75 bits per heavy atom. The molecule has 0 bridgehead atoms. The van der Waals surface area contributed by atoms with Gasteiger partial charge in [0.25, 0.3) is 0 Å². The van der Waals surface area contributed by atoms with Crippen LogP contribution in [0.3, 0.4) is 0 Å². The average Bonchev–Trinajstić information content (AvgIpc) is 1.83. The normalized spacial score (nSPS) is 11.8. The summed E-state index contributed by atoms with van der Waals surface area (Å²) in [5.41, 5.74) is 0. The first-order chi connectivity index (χ1) is 3.81. The SMILES string of the molecule is COC(C)CC#CO. The molecule has 0 saturated heterocycles. The van der Waals surface area contributed by atoms with Crippen molar-refractivity contribution >= 4 is 0 Å². The quantitative estimate of drug-likeness (QED) is 0.536. The van der Waals surface area contributed by atoms with Gasteiger partial charge in [0.05, 0.1) is 6.10 Å². The largest absolute Gasteiger partial charge is 0.462 e. The number of methoxy groups -OCH3 is 1.